The molecule has 1 aliphatic carbocycles. The number of rotatable bonds is 5. The van der Waals surface area contributed by atoms with Crippen molar-refractivity contribution >= 4 is 5.91 Å². The number of alkyl halides is 3. The molecule has 3 unspecified atom stereocenters. The molecule has 0 radical (unpaired) electrons. The van der Waals surface area contributed by atoms with Crippen LogP contribution < -0.4 is 5.32 Å². The van der Waals surface area contributed by atoms with Crippen LogP contribution in [0.15, 0.2) is 48.7 Å². The van der Waals surface area contributed by atoms with E-state index in [0.717, 1.165) is 24.2 Å². The van der Waals surface area contributed by atoms with Crippen molar-refractivity contribution in [2.24, 2.45) is 5.92 Å². The van der Waals surface area contributed by atoms with Gasteiger partial charge in [-0.15, -0.1) is 0 Å². The molecule has 2 N–H and O–H groups in total. The van der Waals surface area contributed by atoms with Crippen LogP contribution in [0.3, 0.4) is 0 Å². The number of hydrogen-bond acceptors (Lipinski definition) is 3. The van der Waals surface area contributed by atoms with Crippen LogP contribution in [-0.4, -0.2) is 22.6 Å². The first-order chi connectivity index (χ1) is 11.9. The van der Waals surface area contributed by atoms with Crippen LogP contribution in [0.2, 0.25) is 0 Å². The number of aliphatic hydroxyl groups is 1. The number of nitrogens with zero attached hydrogens (tertiary/aromatic N) is 1. The molecule has 1 aromatic heterocycles. The van der Waals surface area contributed by atoms with Crippen LogP contribution in [0.25, 0.3) is 0 Å². The van der Waals surface area contributed by atoms with Gasteiger partial charge >= 0.3 is 6.18 Å². The lowest BCUT2D eigenvalue weighted by Crippen LogP contribution is -2.32. The monoisotopic (exact) mass is 350 g/mol. The fourth-order valence-electron chi connectivity index (χ4n) is 2.85. The van der Waals surface area contributed by atoms with Gasteiger partial charge in [0, 0.05) is 12.1 Å². The Morgan fingerprint density at radius 3 is 2.52 bits per heavy atom. The molecule has 1 fully saturated rings. The molecule has 25 heavy (non-hydrogen) atoms. The van der Waals surface area contributed by atoms with Crippen molar-refractivity contribution < 1.29 is 23.1 Å². The van der Waals surface area contributed by atoms with Crippen LogP contribution >= 0.6 is 0 Å². The Morgan fingerprint density at radius 1 is 1.24 bits per heavy atom. The van der Waals surface area contributed by atoms with Gasteiger partial charge in [0.05, 0.1) is 12.6 Å². The van der Waals surface area contributed by atoms with Crippen molar-refractivity contribution in [3.05, 3.63) is 65.5 Å². The number of carbonyl (C=O) groups excluding carboxylic acids is 1. The fraction of sp³-hybridized carbons (Fsp3) is 0.333. The molecule has 3 atom stereocenters. The van der Waals surface area contributed by atoms with Crippen molar-refractivity contribution in [1.82, 2.24) is 10.3 Å². The summed E-state index contributed by atoms with van der Waals surface area (Å²) in [5.74, 6) is -0.252. The lowest BCUT2D eigenvalue weighted by Gasteiger charge is -2.17. The van der Waals surface area contributed by atoms with Gasteiger partial charge in [-0.05, 0) is 29.5 Å². The molecule has 0 spiro atoms. The Kier molecular flexibility index (Phi) is 4.76. The highest BCUT2D eigenvalue weighted by atomic mass is 19.4. The minimum atomic E-state index is -4.52. The number of carbonyl (C=O) groups is 1. The molecule has 1 heterocycles. The summed E-state index contributed by atoms with van der Waals surface area (Å²) in [6, 6.07) is 10.9. The maximum atomic E-state index is 12.5. The van der Waals surface area contributed by atoms with Crippen LogP contribution in [0.1, 0.15) is 35.2 Å². The quantitative estimate of drug-likeness (QED) is 0.871. The van der Waals surface area contributed by atoms with Gasteiger partial charge in [0.2, 0.25) is 5.91 Å². The smallest absolute Gasteiger partial charge is 0.394 e. The highest BCUT2D eigenvalue weighted by Crippen LogP contribution is 2.47. The molecule has 3 rings (SSSR count). The van der Waals surface area contributed by atoms with Gasteiger partial charge in [-0.25, -0.2) is 0 Å². The molecule has 1 amide bonds. The maximum absolute atomic E-state index is 12.5. The summed E-state index contributed by atoms with van der Waals surface area (Å²) in [5, 5.41) is 12.2. The van der Waals surface area contributed by atoms with Gasteiger partial charge < -0.3 is 10.4 Å². The Bertz CT molecular complexity index is 732. The Balaban J connectivity index is 1.64. The molecule has 1 saturated carbocycles. The van der Waals surface area contributed by atoms with Crippen molar-refractivity contribution in [3.63, 3.8) is 0 Å². The molecular formula is C18H17F3N2O2. The van der Waals surface area contributed by atoms with Gasteiger partial charge in [0.15, 0.2) is 0 Å². The summed E-state index contributed by atoms with van der Waals surface area (Å²) in [6.45, 7) is -0.415. The SMILES string of the molecule is O=C(NC(CO)c1ccc(C(F)(F)F)nc1)C1CC1c1ccccc1. The van der Waals surface area contributed by atoms with E-state index in [1.54, 1.807) is 0 Å². The number of hydrogen-bond donors (Lipinski definition) is 2. The van der Waals surface area contributed by atoms with Gasteiger partial charge in [-0.1, -0.05) is 36.4 Å². The van der Waals surface area contributed by atoms with Crippen LogP contribution in [0.4, 0.5) is 13.2 Å². The second-order valence-corrected chi connectivity index (χ2v) is 6.08. The van der Waals surface area contributed by atoms with E-state index in [1.165, 1.54) is 6.07 Å². The third-order valence-electron chi connectivity index (χ3n) is 4.33. The summed E-state index contributed by atoms with van der Waals surface area (Å²) in [6.07, 6.45) is -2.77. The van der Waals surface area contributed by atoms with E-state index in [-0.39, 0.29) is 17.7 Å². The molecular weight excluding hydrogens is 333 g/mol. The van der Waals surface area contributed by atoms with Crippen LogP contribution in [0.5, 0.6) is 0 Å². The minimum absolute atomic E-state index is 0.145. The third-order valence-corrected chi connectivity index (χ3v) is 4.33. The highest BCUT2D eigenvalue weighted by Gasteiger charge is 2.44. The summed E-state index contributed by atoms with van der Waals surface area (Å²) in [7, 11) is 0. The normalized spacial score (nSPS) is 20.8. The minimum Gasteiger partial charge on any atom is -0.394 e. The fourth-order valence-corrected chi connectivity index (χ4v) is 2.85. The average molecular weight is 350 g/mol. The van der Waals surface area contributed by atoms with Gasteiger partial charge in [0.25, 0.3) is 0 Å². The van der Waals surface area contributed by atoms with Crippen LogP contribution in [0, 0.1) is 5.92 Å². The van der Waals surface area contributed by atoms with Crippen LogP contribution in [-0.2, 0) is 11.0 Å². The van der Waals surface area contributed by atoms with Crippen molar-refractivity contribution in [2.45, 2.75) is 24.6 Å². The number of amides is 1. The number of aromatic nitrogens is 1. The Hall–Kier alpha value is -2.41. The first kappa shape index (κ1) is 17.4. The van der Waals surface area contributed by atoms with E-state index in [0.29, 0.717) is 5.56 Å². The maximum Gasteiger partial charge on any atom is 0.433 e. The predicted octanol–water partition coefficient (Wildman–Crippen LogP) is 3.05. The molecule has 0 aliphatic heterocycles. The molecule has 4 nitrogen and oxygen atoms in total. The number of benzene rings is 1. The molecule has 1 aliphatic rings. The Labute approximate surface area is 142 Å². The van der Waals surface area contributed by atoms with Crippen molar-refractivity contribution in [2.75, 3.05) is 6.61 Å². The number of halogens is 3. The van der Waals surface area contributed by atoms with E-state index < -0.39 is 24.5 Å². The van der Waals surface area contributed by atoms with Gasteiger partial charge in [-0.3, -0.25) is 9.78 Å². The van der Waals surface area contributed by atoms with Crippen molar-refractivity contribution in [1.29, 1.82) is 0 Å². The molecule has 0 bridgehead atoms. The second kappa shape index (κ2) is 6.84. The third kappa shape index (κ3) is 3.99. The Morgan fingerprint density at radius 2 is 1.96 bits per heavy atom. The summed E-state index contributed by atoms with van der Waals surface area (Å²) < 4.78 is 37.6. The largest absolute Gasteiger partial charge is 0.433 e. The molecule has 1 aromatic carbocycles. The summed E-state index contributed by atoms with van der Waals surface area (Å²) >= 11 is 0. The van der Waals surface area contributed by atoms with Gasteiger partial charge in [0.1, 0.15) is 5.69 Å². The second-order valence-electron chi connectivity index (χ2n) is 6.08. The first-order valence-corrected chi connectivity index (χ1v) is 7.89. The summed E-state index contributed by atoms with van der Waals surface area (Å²) in [5.41, 5.74) is 0.408. The van der Waals surface area contributed by atoms with Gasteiger partial charge in [-0.2, -0.15) is 13.2 Å². The topological polar surface area (TPSA) is 62.2 Å². The van der Waals surface area contributed by atoms with E-state index >= 15 is 0 Å². The summed E-state index contributed by atoms with van der Waals surface area (Å²) in [4.78, 5) is 15.7. The lowest BCUT2D eigenvalue weighted by atomic mass is 10.1. The predicted molar refractivity (Wildman–Crippen MR) is 84.5 cm³/mol. The lowest BCUT2D eigenvalue weighted by molar-refractivity contribution is -0.141. The standard InChI is InChI=1S/C18H17F3N2O2/c19-18(20,21)16-7-6-12(9-22-16)15(10-24)23-17(25)14-8-13(14)11-4-2-1-3-5-11/h1-7,9,13-15,24H,8,10H2,(H,23,25). The average Bonchev–Trinajstić information content (AvgIpc) is 3.40. The zero-order valence-electron chi connectivity index (χ0n) is 13.2. The first-order valence-electron chi connectivity index (χ1n) is 7.89. The van der Waals surface area contributed by atoms with E-state index in [1.807, 2.05) is 30.3 Å². The highest BCUT2D eigenvalue weighted by molar-refractivity contribution is 5.83. The number of aliphatic hydroxyl groups excluding tert-OH is 1. The number of nitrogens with one attached hydrogen (secondary N) is 1. The zero-order valence-corrected chi connectivity index (χ0v) is 13.2. The molecule has 132 valence electrons. The molecule has 0 saturated heterocycles. The van der Waals surface area contributed by atoms with E-state index in [2.05, 4.69) is 10.3 Å². The number of pyridine rings is 1. The van der Waals surface area contributed by atoms with Crippen molar-refractivity contribution in [3.8, 4) is 0 Å². The molecule has 7 heteroatoms. The van der Waals surface area contributed by atoms with E-state index in [4.69, 9.17) is 0 Å². The molecule has 2 aromatic rings. The van der Waals surface area contributed by atoms with E-state index in [9.17, 15) is 23.1 Å². The zero-order chi connectivity index (χ0) is 18.0.